The number of carbonyl (C=O) groups is 3. The Morgan fingerprint density at radius 1 is 1.10 bits per heavy atom. The van der Waals surface area contributed by atoms with Crippen LogP contribution in [0, 0.1) is 5.92 Å². The molecule has 158 valence electrons. The van der Waals surface area contributed by atoms with Gasteiger partial charge in [0.2, 0.25) is 5.91 Å². The van der Waals surface area contributed by atoms with Crippen LogP contribution >= 0.6 is 23.2 Å². The molecule has 3 amide bonds. The van der Waals surface area contributed by atoms with E-state index >= 15 is 0 Å². The van der Waals surface area contributed by atoms with E-state index in [-0.39, 0.29) is 24.3 Å². The van der Waals surface area contributed by atoms with E-state index in [1.54, 1.807) is 41.3 Å². The lowest BCUT2D eigenvalue weighted by atomic mass is 9.96. The Bertz CT molecular complexity index is 950. The average molecular weight is 450 g/mol. The number of rotatable bonds is 6. The smallest absolute Gasteiger partial charge is 0.255 e. The molecule has 30 heavy (non-hydrogen) atoms. The average Bonchev–Trinajstić information content (AvgIpc) is 2.74. The largest absolute Gasteiger partial charge is 0.484 e. The van der Waals surface area contributed by atoms with Gasteiger partial charge in [0.05, 0.1) is 16.0 Å². The van der Waals surface area contributed by atoms with Crippen molar-refractivity contribution in [2.45, 2.75) is 12.8 Å². The van der Waals surface area contributed by atoms with Gasteiger partial charge in [-0.15, -0.1) is 0 Å². The topological polar surface area (TPSA) is 102 Å². The minimum Gasteiger partial charge on any atom is -0.484 e. The number of amides is 3. The number of ether oxygens (including phenoxy) is 1. The van der Waals surface area contributed by atoms with Gasteiger partial charge in [0.25, 0.3) is 11.8 Å². The summed E-state index contributed by atoms with van der Waals surface area (Å²) in [5.74, 6) is -0.752. The Morgan fingerprint density at radius 3 is 2.50 bits per heavy atom. The molecule has 1 unspecified atom stereocenters. The fraction of sp³-hybridized carbons (Fsp3) is 0.286. The molecule has 0 aromatic heterocycles. The zero-order valence-electron chi connectivity index (χ0n) is 16.1. The predicted molar refractivity (Wildman–Crippen MR) is 115 cm³/mol. The van der Waals surface area contributed by atoms with Gasteiger partial charge in [-0.2, -0.15) is 0 Å². The summed E-state index contributed by atoms with van der Waals surface area (Å²) in [6.07, 6.45) is 1.42. The maximum Gasteiger partial charge on any atom is 0.255 e. The highest BCUT2D eigenvalue weighted by Gasteiger charge is 2.29. The summed E-state index contributed by atoms with van der Waals surface area (Å²) in [5.41, 5.74) is 6.08. The van der Waals surface area contributed by atoms with E-state index in [0.29, 0.717) is 46.6 Å². The van der Waals surface area contributed by atoms with Crippen LogP contribution in [0.4, 0.5) is 5.69 Å². The molecule has 1 aliphatic heterocycles. The lowest BCUT2D eigenvalue weighted by Crippen LogP contribution is -2.43. The van der Waals surface area contributed by atoms with Gasteiger partial charge >= 0.3 is 0 Å². The number of nitrogens with zero attached hydrogens (tertiary/aromatic N) is 1. The molecular formula is C21H21Cl2N3O4. The summed E-state index contributed by atoms with van der Waals surface area (Å²) in [7, 11) is 0. The van der Waals surface area contributed by atoms with E-state index in [4.69, 9.17) is 33.7 Å². The Labute approximate surface area is 184 Å². The van der Waals surface area contributed by atoms with Crippen molar-refractivity contribution in [2.24, 2.45) is 11.7 Å². The zero-order chi connectivity index (χ0) is 21.7. The number of piperidine rings is 1. The van der Waals surface area contributed by atoms with Crippen LogP contribution in [-0.2, 0) is 9.59 Å². The first-order chi connectivity index (χ1) is 14.3. The molecule has 1 heterocycles. The Morgan fingerprint density at radius 2 is 1.83 bits per heavy atom. The van der Waals surface area contributed by atoms with Crippen molar-refractivity contribution in [1.82, 2.24) is 4.90 Å². The second-order valence-electron chi connectivity index (χ2n) is 6.99. The maximum atomic E-state index is 12.8. The molecule has 9 heteroatoms. The normalized spacial score (nSPS) is 16.1. The fourth-order valence-corrected chi connectivity index (χ4v) is 3.52. The van der Waals surface area contributed by atoms with Crippen LogP contribution in [0.25, 0.3) is 0 Å². The molecule has 0 saturated carbocycles. The van der Waals surface area contributed by atoms with Crippen molar-refractivity contribution in [3.05, 3.63) is 58.1 Å². The van der Waals surface area contributed by atoms with Crippen LogP contribution in [0.3, 0.4) is 0 Å². The summed E-state index contributed by atoms with van der Waals surface area (Å²) >= 11 is 11.9. The van der Waals surface area contributed by atoms with Crippen molar-refractivity contribution in [3.8, 4) is 5.75 Å². The number of likely N-dealkylation sites (tertiary alicyclic amines) is 1. The second-order valence-corrected chi connectivity index (χ2v) is 7.80. The molecular weight excluding hydrogens is 429 g/mol. The number of anilines is 1. The highest BCUT2D eigenvalue weighted by molar-refractivity contribution is 6.42. The lowest BCUT2D eigenvalue weighted by Gasteiger charge is -2.32. The number of benzene rings is 2. The Balaban J connectivity index is 1.59. The highest BCUT2D eigenvalue weighted by atomic mass is 35.5. The van der Waals surface area contributed by atoms with Gasteiger partial charge in [0.15, 0.2) is 6.61 Å². The first-order valence-electron chi connectivity index (χ1n) is 9.40. The van der Waals surface area contributed by atoms with E-state index in [2.05, 4.69) is 5.32 Å². The van der Waals surface area contributed by atoms with Crippen LogP contribution < -0.4 is 15.8 Å². The second kappa shape index (κ2) is 9.82. The molecule has 2 aromatic carbocycles. The van der Waals surface area contributed by atoms with Crippen molar-refractivity contribution in [3.63, 3.8) is 0 Å². The third kappa shape index (κ3) is 5.64. The first-order valence-corrected chi connectivity index (χ1v) is 10.2. The number of hydrogen-bond donors (Lipinski definition) is 2. The van der Waals surface area contributed by atoms with Crippen molar-refractivity contribution in [2.75, 3.05) is 25.0 Å². The SMILES string of the molecule is NC(=O)COc1ccc(NC(=O)C2CCCN(C(=O)c3ccc(Cl)c(Cl)c3)C2)cc1. The van der Waals surface area contributed by atoms with Gasteiger partial charge in [-0.05, 0) is 55.3 Å². The summed E-state index contributed by atoms with van der Waals surface area (Å²) in [5, 5.41) is 3.56. The van der Waals surface area contributed by atoms with Crippen LogP contribution in [0.2, 0.25) is 10.0 Å². The van der Waals surface area contributed by atoms with E-state index in [1.807, 2.05) is 0 Å². The number of halogens is 2. The molecule has 1 saturated heterocycles. The quantitative estimate of drug-likeness (QED) is 0.705. The van der Waals surface area contributed by atoms with Crippen molar-refractivity contribution < 1.29 is 19.1 Å². The van der Waals surface area contributed by atoms with Gasteiger partial charge in [-0.25, -0.2) is 0 Å². The molecule has 1 aliphatic rings. The maximum absolute atomic E-state index is 12.8. The minimum atomic E-state index is -0.565. The van der Waals surface area contributed by atoms with Gasteiger partial charge in [0, 0.05) is 24.3 Å². The van der Waals surface area contributed by atoms with E-state index in [1.165, 1.54) is 6.07 Å². The monoisotopic (exact) mass is 449 g/mol. The first kappa shape index (κ1) is 21.9. The Kier molecular flexibility index (Phi) is 7.18. The Hall–Kier alpha value is -2.77. The van der Waals surface area contributed by atoms with Gasteiger partial charge in [-0.3, -0.25) is 14.4 Å². The number of primary amides is 1. The molecule has 2 aromatic rings. The van der Waals surface area contributed by atoms with Crippen LogP contribution in [0.15, 0.2) is 42.5 Å². The summed E-state index contributed by atoms with van der Waals surface area (Å²) in [6.45, 7) is 0.690. The number of hydrogen-bond acceptors (Lipinski definition) is 4. The molecule has 3 rings (SSSR count). The zero-order valence-corrected chi connectivity index (χ0v) is 17.6. The van der Waals surface area contributed by atoms with Crippen LogP contribution in [0.5, 0.6) is 5.75 Å². The third-order valence-corrected chi connectivity index (χ3v) is 5.49. The number of carbonyl (C=O) groups excluding carboxylic acids is 3. The molecule has 0 aliphatic carbocycles. The predicted octanol–water partition coefficient (Wildman–Crippen LogP) is 3.35. The van der Waals surface area contributed by atoms with E-state index in [9.17, 15) is 14.4 Å². The molecule has 3 N–H and O–H groups in total. The summed E-state index contributed by atoms with van der Waals surface area (Å²) in [4.78, 5) is 37.9. The van der Waals surface area contributed by atoms with E-state index in [0.717, 1.165) is 6.42 Å². The lowest BCUT2D eigenvalue weighted by molar-refractivity contribution is -0.121. The number of nitrogens with one attached hydrogen (secondary N) is 1. The molecule has 1 fully saturated rings. The standard InChI is InChI=1S/C21H21Cl2N3O4/c22-17-8-3-13(10-18(17)23)21(29)26-9-1-2-14(11-26)20(28)25-15-4-6-16(7-5-15)30-12-19(24)27/h3-8,10,14H,1-2,9,11-12H2,(H2,24,27)(H,25,28). The highest BCUT2D eigenvalue weighted by Crippen LogP contribution is 2.25. The summed E-state index contributed by atoms with van der Waals surface area (Å²) < 4.78 is 5.19. The molecule has 1 atom stereocenters. The van der Waals surface area contributed by atoms with Crippen molar-refractivity contribution >= 4 is 46.6 Å². The van der Waals surface area contributed by atoms with Crippen LogP contribution in [-0.4, -0.2) is 42.3 Å². The summed E-state index contributed by atoms with van der Waals surface area (Å²) in [6, 6.07) is 11.4. The van der Waals surface area contributed by atoms with Gasteiger partial charge < -0.3 is 20.7 Å². The third-order valence-electron chi connectivity index (χ3n) is 4.75. The minimum absolute atomic E-state index is 0.160. The van der Waals surface area contributed by atoms with Gasteiger partial charge in [0.1, 0.15) is 5.75 Å². The molecule has 0 bridgehead atoms. The molecule has 7 nitrogen and oxygen atoms in total. The van der Waals surface area contributed by atoms with Crippen LogP contribution in [0.1, 0.15) is 23.2 Å². The van der Waals surface area contributed by atoms with E-state index < -0.39 is 5.91 Å². The van der Waals surface area contributed by atoms with Crippen molar-refractivity contribution in [1.29, 1.82) is 0 Å². The molecule has 0 radical (unpaired) electrons. The molecule has 0 spiro atoms. The fourth-order valence-electron chi connectivity index (χ4n) is 3.22. The van der Waals surface area contributed by atoms with Gasteiger partial charge in [-0.1, -0.05) is 23.2 Å². The number of nitrogens with two attached hydrogens (primary N) is 1.